The van der Waals surface area contributed by atoms with Crippen molar-refractivity contribution < 1.29 is 8.42 Å². The Hall–Kier alpha value is -0.840. The van der Waals surface area contributed by atoms with Gasteiger partial charge in [0.2, 0.25) is 0 Å². The number of aryl methyl sites for hydroxylation is 1. The summed E-state index contributed by atoms with van der Waals surface area (Å²) in [6.45, 7) is 6.32. The number of aromatic nitrogens is 2. The summed E-state index contributed by atoms with van der Waals surface area (Å²) >= 11 is 0. The number of guanidine groups is 1. The first-order chi connectivity index (χ1) is 10.4. The molecule has 2 N–H and O–H groups in total. The summed E-state index contributed by atoms with van der Waals surface area (Å²) in [6.07, 6.45) is 8.23. The minimum atomic E-state index is -2.92. The van der Waals surface area contributed by atoms with Gasteiger partial charge >= 0.3 is 0 Å². The Kier molecular flexibility index (Phi) is 11.2. The van der Waals surface area contributed by atoms with E-state index in [1.54, 1.807) is 12.5 Å². The zero-order chi connectivity index (χ0) is 16.4. The van der Waals surface area contributed by atoms with Crippen molar-refractivity contribution in [3.8, 4) is 0 Å². The summed E-state index contributed by atoms with van der Waals surface area (Å²) < 4.78 is 24.4. The molecule has 1 rings (SSSR count). The third kappa shape index (κ3) is 11.4. The first kappa shape index (κ1) is 22.2. The van der Waals surface area contributed by atoms with E-state index in [0.29, 0.717) is 13.0 Å². The van der Waals surface area contributed by atoms with Crippen LogP contribution in [0, 0.1) is 0 Å². The largest absolute Gasteiger partial charge is 0.357 e. The van der Waals surface area contributed by atoms with Crippen LogP contribution in [-0.2, 0) is 16.4 Å². The lowest BCUT2D eigenvalue weighted by Gasteiger charge is -2.17. The van der Waals surface area contributed by atoms with Gasteiger partial charge in [-0.3, -0.25) is 4.99 Å². The van der Waals surface area contributed by atoms with Crippen LogP contribution in [-0.4, -0.2) is 55.1 Å². The first-order valence-electron chi connectivity index (χ1n) is 7.59. The second-order valence-electron chi connectivity index (χ2n) is 5.38. The molecule has 0 aromatic carbocycles. The van der Waals surface area contributed by atoms with Gasteiger partial charge in [0.1, 0.15) is 9.84 Å². The summed E-state index contributed by atoms with van der Waals surface area (Å²) in [5.41, 5.74) is 0. The predicted octanol–water partition coefficient (Wildman–Crippen LogP) is 1.27. The molecule has 1 heterocycles. The van der Waals surface area contributed by atoms with Crippen molar-refractivity contribution in [2.45, 2.75) is 39.3 Å². The van der Waals surface area contributed by atoms with Crippen LogP contribution in [0.3, 0.4) is 0 Å². The number of rotatable bonds is 9. The number of aliphatic imine (C=N–C) groups is 1. The lowest BCUT2D eigenvalue weighted by atomic mass is 10.3. The van der Waals surface area contributed by atoms with E-state index in [-0.39, 0.29) is 35.8 Å². The summed E-state index contributed by atoms with van der Waals surface area (Å²) in [5, 5.41) is 6.41. The Morgan fingerprint density at radius 3 is 2.74 bits per heavy atom. The molecule has 0 bridgehead atoms. The molecule has 1 aromatic heterocycles. The second kappa shape index (κ2) is 11.7. The lowest BCUT2D eigenvalue weighted by molar-refractivity contribution is 0.580. The smallest absolute Gasteiger partial charge is 0.191 e. The highest BCUT2D eigenvalue weighted by Crippen LogP contribution is 1.96. The average Bonchev–Trinajstić information content (AvgIpc) is 2.94. The standard InChI is InChI=1S/C14H27N5O2S.HI/c1-4-16-14(18-13(2)6-11-22(3,20)21)17-7-5-9-19-10-8-15-12-19;/h8,10,12-13H,4-7,9,11H2,1-3H3,(H2,16,17,18);1H. The zero-order valence-corrected chi connectivity index (χ0v) is 17.2. The molecule has 0 fully saturated rings. The molecule has 23 heavy (non-hydrogen) atoms. The fourth-order valence-electron chi connectivity index (χ4n) is 1.88. The molecule has 1 unspecified atom stereocenters. The van der Waals surface area contributed by atoms with Crippen molar-refractivity contribution in [3.63, 3.8) is 0 Å². The Labute approximate surface area is 156 Å². The molecular formula is C14H28IN5O2S. The molecular weight excluding hydrogens is 429 g/mol. The van der Waals surface area contributed by atoms with Crippen LogP contribution in [0.4, 0.5) is 0 Å². The molecule has 1 atom stereocenters. The number of halogens is 1. The molecule has 0 aliphatic rings. The fourth-order valence-corrected chi connectivity index (χ4v) is 2.66. The van der Waals surface area contributed by atoms with Gasteiger partial charge in [-0.15, -0.1) is 24.0 Å². The number of sulfone groups is 1. The summed E-state index contributed by atoms with van der Waals surface area (Å²) in [4.78, 5) is 8.51. The molecule has 0 saturated heterocycles. The molecule has 0 amide bonds. The number of nitrogens with one attached hydrogen (secondary N) is 2. The van der Waals surface area contributed by atoms with Crippen LogP contribution in [0.15, 0.2) is 23.7 Å². The van der Waals surface area contributed by atoms with Gasteiger partial charge in [0, 0.05) is 44.3 Å². The maximum atomic E-state index is 11.2. The first-order valence-corrected chi connectivity index (χ1v) is 9.65. The van der Waals surface area contributed by atoms with Gasteiger partial charge in [0.15, 0.2) is 5.96 Å². The van der Waals surface area contributed by atoms with E-state index in [0.717, 1.165) is 25.5 Å². The fraction of sp³-hybridized carbons (Fsp3) is 0.714. The van der Waals surface area contributed by atoms with E-state index in [4.69, 9.17) is 0 Å². The van der Waals surface area contributed by atoms with Crippen molar-refractivity contribution >= 4 is 39.8 Å². The Morgan fingerprint density at radius 1 is 1.43 bits per heavy atom. The van der Waals surface area contributed by atoms with Gasteiger partial charge in [0.05, 0.1) is 12.1 Å². The van der Waals surface area contributed by atoms with Gasteiger partial charge in [-0.05, 0) is 26.7 Å². The van der Waals surface area contributed by atoms with Gasteiger partial charge in [-0.25, -0.2) is 13.4 Å². The molecule has 7 nitrogen and oxygen atoms in total. The average molecular weight is 457 g/mol. The predicted molar refractivity (Wildman–Crippen MR) is 105 cm³/mol. The van der Waals surface area contributed by atoms with Crippen molar-refractivity contribution in [1.82, 2.24) is 20.2 Å². The topological polar surface area (TPSA) is 88.4 Å². The van der Waals surface area contributed by atoms with Crippen LogP contribution >= 0.6 is 24.0 Å². The Bertz CT molecular complexity index is 546. The number of hydrogen-bond acceptors (Lipinski definition) is 4. The van der Waals surface area contributed by atoms with Crippen LogP contribution in [0.5, 0.6) is 0 Å². The maximum absolute atomic E-state index is 11.2. The lowest BCUT2D eigenvalue weighted by Crippen LogP contribution is -2.42. The SMILES string of the molecule is CCNC(=NCCCn1ccnc1)NC(C)CCS(C)(=O)=O.I. The summed E-state index contributed by atoms with van der Waals surface area (Å²) in [7, 11) is -2.92. The normalized spacial score (nSPS) is 13.3. The summed E-state index contributed by atoms with van der Waals surface area (Å²) in [5.74, 6) is 0.912. The number of imidazole rings is 1. The monoisotopic (exact) mass is 457 g/mol. The van der Waals surface area contributed by atoms with E-state index in [2.05, 4.69) is 20.6 Å². The third-order valence-corrected chi connectivity index (χ3v) is 4.03. The van der Waals surface area contributed by atoms with E-state index in [1.165, 1.54) is 6.26 Å². The second-order valence-corrected chi connectivity index (χ2v) is 7.64. The van der Waals surface area contributed by atoms with Gasteiger partial charge in [-0.1, -0.05) is 0 Å². The van der Waals surface area contributed by atoms with Crippen molar-refractivity contribution in [3.05, 3.63) is 18.7 Å². The molecule has 0 spiro atoms. The summed E-state index contributed by atoms with van der Waals surface area (Å²) in [6, 6.07) is 0.0566. The molecule has 0 aliphatic carbocycles. The third-order valence-electron chi connectivity index (χ3n) is 3.05. The molecule has 0 aliphatic heterocycles. The van der Waals surface area contributed by atoms with Crippen LogP contribution in [0.25, 0.3) is 0 Å². The molecule has 9 heteroatoms. The number of hydrogen-bond donors (Lipinski definition) is 2. The highest BCUT2D eigenvalue weighted by atomic mass is 127. The van der Waals surface area contributed by atoms with Gasteiger partial charge in [-0.2, -0.15) is 0 Å². The van der Waals surface area contributed by atoms with Crippen molar-refractivity contribution in [2.75, 3.05) is 25.1 Å². The quantitative estimate of drug-likeness (QED) is 0.252. The maximum Gasteiger partial charge on any atom is 0.191 e. The van der Waals surface area contributed by atoms with Gasteiger partial charge < -0.3 is 15.2 Å². The van der Waals surface area contributed by atoms with E-state index < -0.39 is 9.84 Å². The Morgan fingerprint density at radius 2 is 2.17 bits per heavy atom. The van der Waals surface area contributed by atoms with Crippen LogP contribution in [0.2, 0.25) is 0 Å². The minimum Gasteiger partial charge on any atom is -0.357 e. The van der Waals surface area contributed by atoms with Crippen molar-refractivity contribution in [2.24, 2.45) is 4.99 Å². The van der Waals surface area contributed by atoms with Crippen LogP contribution < -0.4 is 10.6 Å². The van der Waals surface area contributed by atoms with Crippen molar-refractivity contribution in [1.29, 1.82) is 0 Å². The molecule has 0 saturated carbocycles. The van der Waals surface area contributed by atoms with E-state index >= 15 is 0 Å². The minimum absolute atomic E-state index is 0. The number of nitrogens with zero attached hydrogens (tertiary/aromatic N) is 3. The van der Waals surface area contributed by atoms with Gasteiger partial charge in [0.25, 0.3) is 0 Å². The van der Waals surface area contributed by atoms with E-state index in [1.807, 2.05) is 24.6 Å². The molecule has 1 aromatic rings. The van der Waals surface area contributed by atoms with E-state index in [9.17, 15) is 8.42 Å². The highest BCUT2D eigenvalue weighted by Gasteiger charge is 2.09. The zero-order valence-electron chi connectivity index (χ0n) is 14.0. The highest BCUT2D eigenvalue weighted by molar-refractivity contribution is 14.0. The Balaban J connectivity index is 0.00000484. The molecule has 0 radical (unpaired) electrons. The molecule has 134 valence electrons. The van der Waals surface area contributed by atoms with Crippen LogP contribution in [0.1, 0.15) is 26.7 Å².